The van der Waals surface area contributed by atoms with Crippen molar-refractivity contribution in [2.75, 3.05) is 0 Å². The third-order valence-electron chi connectivity index (χ3n) is 5.67. The van der Waals surface area contributed by atoms with Crippen LogP contribution in [0.15, 0.2) is 36.4 Å². The molecule has 0 aliphatic rings. The van der Waals surface area contributed by atoms with Crippen LogP contribution in [0.1, 0.15) is 22.3 Å². The summed E-state index contributed by atoms with van der Waals surface area (Å²) in [6.45, 7) is 19.1. The Morgan fingerprint density at radius 1 is 0.545 bits per heavy atom. The fourth-order valence-corrected chi connectivity index (χ4v) is 13.2. The van der Waals surface area contributed by atoms with Crippen LogP contribution in [-0.2, 0) is 0 Å². The minimum Gasteiger partial charge on any atom is -0.0709 e. The first-order valence-corrected chi connectivity index (χ1v) is 15.2. The molecule has 0 fully saturated rings. The molecule has 0 radical (unpaired) electrons. The Morgan fingerprint density at radius 3 is 1.18 bits per heavy atom. The Kier molecular flexibility index (Phi) is 4.56. The lowest BCUT2D eigenvalue weighted by molar-refractivity contribution is 1.34. The molecule has 22 heavy (non-hydrogen) atoms. The monoisotopic (exact) mass is 326 g/mol. The van der Waals surface area contributed by atoms with Gasteiger partial charge in [-0.25, -0.2) is 0 Å². The van der Waals surface area contributed by atoms with Crippen molar-refractivity contribution in [1.82, 2.24) is 0 Å². The lowest BCUT2D eigenvalue weighted by Gasteiger charge is -2.40. The van der Waals surface area contributed by atoms with Crippen LogP contribution in [0, 0.1) is 27.7 Å². The maximum Gasteiger partial charge on any atom is 0.107 e. The maximum absolute atomic E-state index is 2.59. The topological polar surface area (TPSA) is 0 Å². The van der Waals surface area contributed by atoms with Gasteiger partial charge in [0.05, 0.1) is 0 Å². The van der Waals surface area contributed by atoms with Crippen LogP contribution >= 0.6 is 0 Å². The molecule has 0 aliphatic heterocycles. The van der Waals surface area contributed by atoms with Crippen molar-refractivity contribution in [3.63, 3.8) is 0 Å². The largest absolute Gasteiger partial charge is 0.107 e. The molecule has 0 saturated heterocycles. The van der Waals surface area contributed by atoms with Gasteiger partial charge in [-0.15, -0.1) is 0 Å². The van der Waals surface area contributed by atoms with Gasteiger partial charge in [-0.05, 0) is 49.9 Å². The molecular formula is C20H30Si2. The molecule has 2 aromatic rings. The molecular weight excluding hydrogens is 296 g/mol. The predicted molar refractivity (Wildman–Crippen MR) is 106 cm³/mol. The summed E-state index contributed by atoms with van der Waals surface area (Å²) in [5.74, 6) is 0. The molecule has 0 bridgehead atoms. The van der Waals surface area contributed by atoms with Crippen molar-refractivity contribution in [3.05, 3.63) is 58.7 Å². The van der Waals surface area contributed by atoms with Crippen LogP contribution < -0.4 is 10.4 Å². The Balaban J connectivity index is 2.72. The van der Waals surface area contributed by atoms with Crippen LogP contribution in [0.2, 0.25) is 26.2 Å². The summed E-state index contributed by atoms with van der Waals surface area (Å²) in [4.78, 5) is 0. The van der Waals surface area contributed by atoms with E-state index in [1.807, 2.05) is 0 Å². The van der Waals surface area contributed by atoms with Crippen molar-refractivity contribution < 1.29 is 0 Å². The highest BCUT2D eigenvalue weighted by Crippen LogP contribution is 2.21. The molecule has 0 saturated carbocycles. The van der Waals surface area contributed by atoms with E-state index in [0.29, 0.717) is 0 Å². The smallest absolute Gasteiger partial charge is 0.0709 e. The molecule has 0 unspecified atom stereocenters. The zero-order valence-electron chi connectivity index (χ0n) is 15.5. The third kappa shape index (κ3) is 2.87. The van der Waals surface area contributed by atoms with E-state index >= 15 is 0 Å². The van der Waals surface area contributed by atoms with Gasteiger partial charge in [0.25, 0.3) is 0 Å². The predicted octanol–water partition coefficient (Wildman–Crippen LogP) is 4.53. The Labute approximate surface area is 138 Å². The molecule has 0 heterocycles. The van der Waals surface area contributed by atoms with Gasteiger partial charge in [0.2, 0.25) is 0 Å². The molecule has 2 aromatic carbocycles. The second kappa shape index (κ2) is 5.82. The van der Waals surface area contributed by atoms with E-state index in [-0.39, 0.29) is 0 Å². The van der Waals surface area contributed by atoms with E-state index in [0.717, 1.165) is 0 Å². The van der Waals surface area contributed by atoms with Crippen molar-refractivity contribution in [1.29, 1.82) is 0 Å². The molecule has 2 rings (SSSR count). The molecule has 0 aliphatic carbocycles. The minimum atomic E-state index is -1.67. The highest BCUT2D eigenvalue weighted by molar-refractivity contribution is 7.50. The van der Waals surface area contributed by atoms with E-state index in [1.54, 1.807) is 10.4 Å². The summed E-state index contributed by atoms with van der Waals surface area (Å²) in [7, 11) is -3.01. The molecule has 0 aromatic heterocycles. The molecule has 0 amide bonds. The second-order valence-corrected chi connectivity index (χ2v) is 23.4. The Hall–Kier alpha value is -1.13. The van der Waals surface area contributed by atoms with Crippen molar-refractivity contribution in [3.8, 4) is 0 Å². The number of rotatable bonds is 3. The number of benzene rings is 2. The zero-order chi connectivity index (χ0) is 16.7. The maximum atomic E-state index is 2.59. The van der Waals surface area contributed by atoms with Gasteiger partial charge < -0.3 is 0 Å². The fraction of sp³-hybridized carbons (Fsp3) is 0.400. The van der Waals surface area contributed by atoms with E-state index in [9.17, 15) is 0 Å². The number of hydrogen-bond donors (Lipinski definition) is 0. The number of aryl methyl sites for hydroxylation is 4. The van der Waals surface area contributed by atoms with Gasteiger partial charge >= 0.3 is 0 Å². The molecule has 0 atom stereocenters. The standard InChI is InChI=1S/C20H30Si2/c1-15-9-11-19(13-17(15)3)22(8,21(5,6)7)20-12-10-16(2)18(4)14-20/h9-14H,1-8H3. The molecule has 0 spiro atoms. The van der Waals surface area contributed by atoms with Crippen LogP contribution in [0.3, 0.4) is 0 Å². The SMILES string of the molecule is Cc1ccc([Si](C)(c2ccc(C)c(C)c2)[Si](C)(C)C)cc1C. The van der Waals surface area contributed by atoms with Crippen LogP contribution in [0.4, 0.5) is 0 Å². The normalized spacial score (nSPS) is 12.5. The number of hydrogen-bond acceptors (Lipinski definition) is 0. The lowest BCUT2D eigenvalue weighted by Crippen LogP contribution is -2.71. The summed E-state index contributed by atoms with van der Waals surface area (Å²) in [6, 6.07) is 14.4. The highest BCUT2D eigenvalue weighted by atomic mass is 29.3. The van der Waals surface area contributed by atoms with Crippen LogP contribution in [0.5, 0.6) is 0 Å². The van der Waals surface area contributed by atoms with E-state index < -0.39 is 15.2 Å². The Morgan fingerprint density at radius 2 is 0.909 bits per heavy atom. The zero-order valence-corrected chi connectivity index (χ0v) is 17.5. The molecule has 0 N–H and O–H groups in total. The first-order valence-electron chi connectivity index (χ1n) is 8.23. The second-order valence-electron chi connectivity index (χ2n) is 7.97. The van der Waals surface area contributed by atoms with E-state index in [1.165, 1.54) is 22.3 Å². The van der Waals surface area contributed by atoms with Crippen molar-refractivity contribution in [2.24, 2.45) is 0 Å². The fourth-order valence-electron chi connectivity index (χ4n) is 3.14. The first kappa shape index (κ1) is 17.2. The average Bonchev–Trinajstić information content (AvgIpc) is 2.42. The van der Waals surface area contributed by atoms with Gasteiger partial charge in [-0.2, -0.15) is 0 Å². The quantitative estimate of drug-likeness (QED) is 0.727. The highest BCUT2D eigenvalue weighted by Gasteiger charge is 2.44. The summed E-state index contributed by atoms with van der Waals surface area (Å²) in [6.07, 6.45) is 0. The van der Waals surface area contributed by atoms with Crippen molar-refractivity contribution >= 4 is 25.6 Å². The molecule has 0 nitrogen and oxygen atoms in total. The Bertz CT molecular complexity index is 642. The van der Waals surface area contributed by atoms with Crippen LogP contribution in [0.25, 0.3) is 0 Å². The van der Waals surface area contributed by atoms with Gasteiger partial charge in [0.15, 0.2) is 0 Å². The van der Waals surface area contributed by atoms with Crippen LogP contribution in [-0.4, -0.2) is 15.2 Å². The summed E-state index contributed by atoms with van der Waals surface area (Å²) in [5.41, 5.74) is 5.66. The van der Waals surface area contributed by atoms with Gasteiger partial charge in [0.1, 0.15) is 7.59 Å². The average molecular weight is 327 g/mol. The summed E-state index contributed by atoms with van der Waals surface area (Å²) >= 11 is 0. The van der Waals surface area contributed by atoms with Gasteiger partial charge in [-0.1, -0.05) is 73.0 Å². The summed E-state index contributed by atoms with van der Waals surface area (Å²) in [5, 5.41) is 3.22. The van der Waals surface area contributed by atoms with E-state index in [2.05, 4.69) is 90.3 Å². The van der Waals surface area contributed by atoms with E-state index in [4.69, 9.17) is 0 Å². The minimum absolute atomic E-state index is 1.33. The van der Waals surface area contributed by atoms with Gasteiger partial charge in [-0.3, -0.25) is 0 Å². The summed E-state index contributed by atoms with van der Waals surface area (Å²) < 4.78 is 0. The van der Waals surface area contributed by atoms with Gasteiger partial charge in [0, 0.05) is 7.59 Å². The molecule has 2 heteroatoms. The lowest BCUT2D eigenvalue weighted by atomic mass is 10.1. The first-order chi connectivity index (χ1) is 10.1. The third-order valence-corrected chi connectivity index (χ3v) is 22.3. The van der Waals surface area contributed by atoms with Crippen molar-refractivity contribution in [2.45, 2.75) is 53.9 Å². The molecule has 118 valence electrons.